The Kier molecular flexibility index (Phi) is 23.9. The molecule has 73 heavy (non-hydrogen) atoms. The molecule has 0 spiro atoms. The van der Waals surface area contributed by atoms with Gasteiger partial charge in [0.15, 0.2) is 5.78 Å². The predicted molar refractivity (Wildman–Crippen MR) is 271 cm³/mol. The molecule has 4 rings (SSSR count). The van der Waals surface area contributed by atoms with Crippen LogP contribution in [0.25, 0.3) is 0 Å². The second-order valence-corrected chi connectivity index (χ2v) is 21.8. The second kappa shape index (κ2) is 28.3. The summed E-state index contributed by atoms with van der Waals surface area (Å²) in [7, 11) is 4.43. The number of fused-ring (bicyclic) bond motifs is 3. The van der Waals surface area contributed by atoms with E-state index in [0.29, 0.717) is 69.8 Å². The lowest BCUT2D eigenvalue weighted by molar-refractivity contribution is -0.265. The molecule has 2 bridgehead atoms. The fourth-order valence-corrected chi connectivity index (χ4v) is 10.7. The zero-order valence-corrected chi connectivity index (χ0v) is 45.3. The SMILES string of the molecule is COC1C[C@H]2CCC(C)[C@@](O)(O2)C(=O)C(=O)N2CCCC[C@H]2C(=O)OC(C(C)CC2CCC(OC(=O)C(C)(CO)CO)C(OC)C2)CC(=O)C(C)C=C(C)C(O)C(OC)C(=O)C(C)CC(C)C=CC=CC=C1C. The van der Waals surface area contributed by atoms with Crippen molar-refractivity contribution in [3.05, 3.63) is 47.6 Å². The number of hydrogen-bond donors (Lipinski definition) is 4. The summed E-state index contributed by atoms with van der Waals surface area (Å²) in [6.45, 7) is 12.7. The van der Waals surface area contributed by atoms with E-state index in [4.69, 9.17) is 28.4 Å². The lowest BCUT2D eigenvalue weighted by Crippen LogP contribution is -2.61. The van der Waals surface area contributed by atoms with Crippen molar-refractivity contribution < 1.29 is 77.6 Å². The van der Waals surface area contributed by atoms with Crippen LogP contribution in [0.1, 0.15) is 132 Å². The van der Waals surface area contributed by atoms with Crippen LogP contribution in [0.15, 0.2) is 47.6 Å². The second-order valence-electron chi connectivity index (χ2n) is 21.8. The molecule has 3 heterocycles. The van der Waals surface area contributed by atoms with Gasteiger partial charge in [-0.05, 0) is 114 Å². The van der Waals surface area contributed by atoms with Crippen molar-refractivity contribution in [2.75, 3.05) is 41.1 Å². The van der Waals surface area contributed by atoms with E-state index < -0.39 is 120 Å². The molecule has 0 radical (unpaired) electrons. The number of hydrogen-bond acceptors (Lipinski definition) is 16. The minimum Gasteiger partial charge on any atom is -0.460 e. The van der Waals surface area contributed by atoms with Gasteiger partial charge in [-0.15, -0.1) is 0 Å². The number of Topliss-reactive ketones (excluding diaryl/α,β-unsaturated/α-hetero) is 3. The average Bonchev–Trinajstić information content (AvgIpc) is 3.37. The van der Waals surface area contributed by atoms with Gasteiger partial charge in [-0.3, -0.25) is 24.0 Å². The first kappa shape index (κ1) is 61.6. The Hall–Kier alpha value is -3.94. The van der Waals surface area contributed by atoms with Gasteiger partial charge in [-0.25, -0.2) is 4.79 Å². The Morgan fingerprint density at radius 1 is 0.863 bits per heavy atom. The van der Waals surface area contributed by atoms with E-state index in [0.717, 1.165) is 10.5 Å². The fourth-order valence-electron chi connectivity index (χ4n) is 10.7. The number of amides is 1. The maximum Gasteiger partial charge on any atom is 0.329 e. The van der Waals surface area contributed by atoms with Crippen LogP contribution in [-0.2, 0) is 57.2 Å². The van der Waals surface area contributed by atoms with Gasteiger partial charge in [0.2, 0.25) is 5.79 Å². The number of allylic oxidation sites excluding steroid dienone is 6. The van der Waals surface area contributed by atoms with E-state index in [9.17, 15) is 49.2 Å². The third-order valence-electron chi connectivity index (χ3n) is 15.9. The molecule has 0 aromatic rings. The summed E-state index contributed by atoms with van der Waals surface area (Å²) in [5.41, 5.74) is -0.277. The standard InChI is InChI=1S/C56H87NO16/c1-33-17-13-12-14-18-34(2)45(68-9)29-41-22-20-39(7)56(67,73-41)51(63)52(64)57-24-16-15-19-42(57)53(65)71-46(30-43(60)35(3)26-38(6)49(62)50(70-11)48(61)37(5)25-33)36(4)27-40-21-23-44(47(28-40)69-10)72-54(66)55(8,31-58)32-59/h12-14,17-18,26,33,35-37,39-42,44-47,49-50,58-59,62,67H,15-16,19-25,27-32H2,1-11H3/t33?,35?,36?,37?,39?,40?,41-,42+,44?,45?,46?,47?,49?,50?,56-/m1/s1. The molecule has 3 fully saturated rings. The first-order valence-corrected chi connectivity index (χ1v) is 26.4. The quantitative estimate of drug-likeness (QED) is 0.116. The lowest BCUT2D eigenvalue weighted by Gasteiger charge is -2.42. The third kappa shape index (κ3) is 16.0. The highest BCUT2D eigenvalue weighted by atomic mass is 16.6. The molecular formula is C56H87NO16. The smallest absolute Gasteiger partial charge is 0.329 e. The highest BCUT2D eigenvalue weighted by molar-refractivity contribution is 6.39. The molecular weight excluding hydrogens is 943 g/mol. The third-order valence-corrected chi connectivity index (χ3v) is 15.9. The van der Waals surface area contributed by atoms with Crippen LogP contribution in [0.5, 0.6) is 0 Å². The molecule has 0 aromatic carbocycles. The van der Waals surface area contributed by atoms with E-state index in [1.54, 1.807) is 40.9 Å². The van der Waals surface area contributed by atoms with Crippen LogP contribution in [0.3, 0.4) is 0 Å². The van der Waals surface area contributed by atoms with Crippen molar-refractivity contribution in [2.45, 2.75) is 187 Å². The number of ketones is 3. The minimum absolute atomic E-state index is 0.00697. The fraction of sp³-hybridized carbons (Fsp3) is 0.750. The maximum atomic E-state index is 14.5. The van der Waals surface area contributed by atoms with Crippen LogP contribution in [0, 0.1) is 40.9 Å². The number of esters is 2. The molecule has 17 nitrogen and oxygen atoms in total. The Morgan fingerprint density at radius 2 is 1.56 bits per heavy atom. The van der Waals surface area contributed by atoms with Gasteiger partial charge in [0.1, 0.15) is 41.7 Å². The first-order chi connectivity index (χ1) is 34.5. The number of methoxy groups -OCH3 is 3. The number of aliphatic hydroxyl groups excluding tert-OH is 3. The van der Waals surface area contributed by atoms with Crippen molar-refractivity contribution in [3.63, 3.8) is 0 Å². The zero-order chi connectivity index (χ0) is 54.4. The van der Waals surface area contributed by atoms with Gasteiger partial charge in [-0.1, -0.05) is 71.1 Å². The summed E-state index contributed by atoms with van der Waals surface area (Å²) in [6.07, 6.45) is 9.76. The van der Waals surface area contributed by atoms with Crippen LogP contribution in [0.2, 0.25) is 0 Å². The Morgan fingerprint density at radius 3 is 2.21 bits per heavy atom. The van der Waals surface area contributed by atoms with Crippen molar-refractivity contribution >= 4 is 35.2 Å². The minimum atomic E-state index is -2.47. The van der Waals surface area contributed by atoms with Gasteiger partial charge in [-0.2, -0.15) is 0 Å². The summed E-state index contributed by atoms with van der Waals surface area (Å²) in [4.78, 5) is 85.4. The van der Waals surface area contributed by atoms with Crippen molar-refractivity contribution in [3.8, 4) is 0 Å². The molecule has 0 aromatic heterocycles. The molecule has 1 aliphatic carbocycles. The van der Waals surface area contributed by atoms with Crippen LogP contribution in [-0.4, -0.2) is 156 Å². The van der Waals surface area contributed by atoms with Crippen molar-refractivity contribution in [2.24, 2.45) is 40.9 Å². The molecule has 1 saturated carbocycles. The highest BCUT2D eigenvalue weighted by Gasteiger charge is 2.53. The maximum absolute atomic E-state index is 14.5. The van der Waals surface area contributed by atoms with Crippen LogP contribution in [0.4, 0.5) is 0 Å². The first-order valence-electron chi connectivity index (χ1n) is 26.4. The molecule has 4 aliphatic rings. The number of nitrogens with zero attached hydrogens (tertiary/aromatic N) is 1. The number of carbonyl (C=O) groups is 6. The van der Waals surface area contributed by atoms with Crippen LogP contribution >= 0.6 is 0 Å². The average molecular weight is 1030 g/mol. The number of cyclic esters (lactones) is 1. The van der Waals surface area contributed by atoms with Gasteiger partial charge in [0, 0.05) is 58.5 Å². The number of carbonyl (C=O) groups excluding carboxylic acids is 6. The predicted octanol–water partition coefficient (Wildman–Crippen LogP) is 5.72. The molecule has 12 unspecified atom stereocenters. The molecule has 3 aliphatic heterocycles. The summed E-state index contributed by atoms with van der Waals surface area (Å²) >= 11 is 0. The van der Waals surface area contributed by atoms with Gasteiger partial charge in [0.25, 0.3) is 11.7 Å². The number of aliphatic hydroxyl groups is 4. The normalized spacial score (nSPS) is 35.1. The zero-order valence-electron chi connectivity index (χ0n) is 45.3. The molecule has 15 atom stereocenters. The molecule has 17 heteroatoms. The van der Waals surface area contributed by atoms with Gasteiger partial charge < -0.3 is 53.7 Å². The lowest BCUT2D eigenvalue weighted by atomic mass is 9.78. The van der Waals surface area contributed by atoms with E-state index >= 15 is 0 Å². The van der Waals surface area contributed by atoms with E-state index in [1.165, 1.54) is 21.1 Å². The topological polar surface area (TPSA) is 242 Å². The largest absolute Gasteiger partial charge is 0.460 e. The Bertz CT molecular complexity index is 2010. The molecule has 4 N–H and O–H groups in total. The van der Waals surface area contributed by atoms with Crippen LogP contribution < -0.4 is 0 Å². The highest BCUT2D eigenvalue weighted by Crippen LogP contribution is 2.38. The summed E-state index contributed by atoms with van der Waals surface area (Å²) < 4.78 is 35.4. The molecule has 2 saturated heterocycles. The van der Waals surface area contributed by atoms with Crippen molar-refractivity contribution in [1.29, 1.82) is 0 Å². The van der Waals surface area contributed by atoms with Crippen molar-refractivity contribution in [1.82, 2.24) is 4.90 Å². The molecule has 1 amide bonds. The Labute approximate surface area is 433 Å². The monoisotopic (exact) mass is 1030 g/mol. The summed E-state index contributed by atoms with van der Waals surface area (Å²) in [6, 6.07) is -1.20. The number of rotatable bonds is 10. The molecule has 412 valence electrons. The van der Waals surface area contributed by atoms with E-state index in [2.05, 4.69) is 0 Å². The number of piperidine rings is 1. The van der Waals surface area contributed by atoms with E-state index in [-0.39, 0.29) is 42.8 Å². The van der Waals surface area contributed by atoms with E-state index in [1.807, 2.05) is 51.2 Å². The summed E-state index contributed by atoms with van der Waals surface area (Å²) in [5, 5.41) is 43.1. The van der Waals surface area contributed by atoms with Gasteiger partial charge >= 0.3 is 11.9 Å². The number of ether oxygens (including phenoxy) is 6. The summed E-state index contributed by atoms with van der Waals surface area (Å²) in [5.74, 6) is -9.36. The Balaban J connectivity index is 1.69. The van der Waals surface area contributed by atoms with Gasteiger partial charge in [0.05, 0.1) is 31.5 Å².